The molecular formula is C19H29N5O3. The summed E-state index contributed by atoms with van der Waals surface area (Å²) < 4.78 is 0. The summed E-state index contributed by atoms with van der Waals surface area (Å²) in [5, 5.41) is 13.8. The van der Waals surface area contributed by atoms with E-state index >= 15 is 0 Å². The van der Waals surface area contributed by atoms with Gasteiger partial charge in [0.15, 0.2) is 0 Å². The first-order chi connectivity index (χ1) is 12.8. The predicted octanol–water partition coefficient (Wildman–Crippen LogP) is -0.148. The maximum Gasteiger partial charge on any atom is 0.247 e. The van der Waals surface area contributed by atoms with E-state index in [2.05, 4.69) is 5.32 Å². The Hall–Kier alpha value is -2.58. The normalized spacial score (nSPS) is 21.3. The summed E-state index contributed by atoms with van der Waals surface area (Å²) in [5.41, 5.74) is 7.34. The Morgan fingerprint density at radius 3 is 2.52 bits per heavy atom. The van der Waals surface area contributed by atoms with Gasteiger partial charge in [-0.3, -0.25) is 9.59 Å². The molecule has 0 saturated carbocycles. The van der Waals surface area contributed by atoms with Gasteiger partial charge in [-0.05, 0) is 11.5 Å². The van der Waals surface area contributed by atoms with Crippen LogP contribution in [0.4, 0.5) is 0 Å². The van der Waals surface area contributed by atoms with E-state index in [1.54, 1.807) is 0 Å². The molecule has 1 aliphatic heterocycles. The van der Waals surface area contributed by atoms with Gasteiger partial charge in [-0.2, -0.15) is 0 Å². The minimum atomic E-state index is -0.736. The van der Waals surface area contributed by atoms with Gasteiger partial charge in [-0.15, -0.1) is 0 Å². The fourth-order valence-corrected chi connectivity index (χ4v) is 3.35. The molecular weight excluding hydrogens is 346 g/mol. The molecule has 27 heavy (non-hydrogen) atoms. The van der Waals surface area contributed by atoms with Gasteiger partial charge in [0.25, 0.3) is 0 Å². The molecule has 3 atom stereocenters. The van der Waals surface area contributed by atoms with E-state index in [-0.39, 0.29) is 30.7 Å². The van der Waals surface area contributed by atoms with Crippen LogP contribution in [0.3, 0.4) is 0 Å². The third kappa shape index (κ3) is 4.78. The largest absolute Gasteiger partial charge is 0.397 e. The van der Waals surface area contributed by atoms with E-state index in [9.17, 15) is 14.7 Å². The second-order valence-corrected chi connectivity index (χ2v) is 7.10. The molecule has 8 nitrogen and oxygen atoms in total. The first kappa shape index (κ1) is 20.7. The number of nitrogens with one attached hydrogen (secondary N) is 1. The maximum absolute atomic E-state index is 13.2. The Kier molecular flexibility index (Phi) is 6.81. The molecule has 1 aromatic carbocycles. The van der Waals surface area contributed by atoms with Gasteiger partial charge in [0.1, 0.15) is 12.1 Å². The third-order valence-corrected chi connectivity index (χ3v) is 4.71. The number of nitrogens with zero attached hydrogens (tertiary/aromatic N) is 2. The highest BCUT2D eigenvalue weighted by Gasteiger charge is 2.42. The number of rotatable bonds is 6. The van der Waals surface area contributed by atoms with Crippen LogP contribution < -0.4 is 16.9 Å². The number of likely N-dealkylation sites (tertiary alicyclic amines) is 1. The number of aliphatic hydroxyl groups is 1. The average molecular weight is 375 g/mol. The van der Waals surface area contributed by atoms with E-state index in [0.717, 1.165) is 5.56 Å². The zero-order chi connectivity index (χ0) is 20.1. The van der Waals surface area contributed by atoms with Crippen LogP contribution in [0.2, 0.25) is 0 Å². The average Bonchev–Trinajstić information content (AvgIpc) is 3.03. The number of hydrogen-bond acceptors (Lipinski definition) is 6. The SMILES string of the molecule is CNC(=O)C1CC(O)CN1C(=O)C(C(C)C)N(N)/C=C(\N)c1ccccc1. The zero-order valence-electron chi connectivity index (χ0n) is 16.0. The van der Waals surface area contributed by atoms with Gasteiger partial charge in [-0.1, -0.05) is 44.2 Å². The van der Waals surface area contributed by atoms with Gasteiger partial charge >= 0.3 is 0 Å². The smallest absolute Gasteiger partial charge is 0.247 e. The van der Waals surface area contributed by atoms with Crippen LogP contribution in [0.1, 0.15) is 25.8 Å². The first-order valence-electron chi connectivity index (χ1n) is 9.02. The summed E-state index contributed by atoms with van der Waals surface area (Å²) in [7, 11) is 1.51. The second kappa shape index (κ2) is 8.88. The molecule has 1 aliphatic rings. The van der Waals surface area contributed by atoms with Gasteiger partial charge in [0, 0.05) is 26.2 Å². The molecule has 1 aromatic rings. The van der Waals surface area contributed by atoms with Crippen LogP contribution >= 0.6 is 0 Å². The number of carbonyl (C=O) groups excluding carboxylic acids is 2. The third-order valence-electron chi connectivity index (χ3n) is 4.71. The van der Waals surface area contributed by atoms with Crippen molar-refractivity contribution in [1.29, 1.82) is 0 Å². The monoisotopic (exact) mass is 375 g/mol. The molecule has 0 radical (unpaired) electrons. The molecule has 6 N–H and O–H groups in total. The van der Waals surface area contributed by atoms with Crippen LogP contribution in [-0.2, 0) is 9.59 Å². The summed E-state index contributed by atoms with van der Waals surface area (Å²) in [4.78, 5) is 26.7. The Morgan fingerprint density at radius 1 is 1.33 bits per heavy atom. The molecule has 1 fully saturated rings. The highest BCUT2D eigenvalue weighted by molar-refractivity contribution is 5.90. The quantitative estimate of drug-likeness (QED) is 0.405. The summed E-state index contributed by atoms with van der Waals surface area (Å²) in [5.74, 6) is 5.44. The fourth-order valence-electron chi connectivity index (χ4n) is 3.35. The molecule has 0 aromatic heterocycles. The van der Waals surface area contributed by atoms with Crippen molar-refractivity contribution in [3.8, 4) is 0 Å². The van der Waals surface area contributed by atoms with Gasteiger partial charge < -0.3 is 26.1 Å². The van der Waals surface area contributed by atoms with Crippen LogP contribution in [0.25, 0.3) is 5.70 Å². The zero-order valence-corrected chi connectivity index (χ0v) is 16.0. The fraction of sp³-hybridized carbons (Fsp3) is 0.474. The minimum Gasteiger partial charge on any atom is -0.397 e. The number of benzene rings is 1. The van der Waals surface area contributed by atoms with Crippen LogP contribution in [0.5, 0.6) is 0 Å². The van der Waals surface area contributed by atoms with Gasteiger partial charge in [0.2, 0.25) is 11.8 Å². The van der Waals surface area contributed by atoms with Crippen LogP contribution in [0, 0.1) is 5.92 Å². The number of hydrazine groups is 1. The van der Waals surface area contributed by atoms with Crippen LogP contribution in [-0.4, -0.2) is 58.6 Å². The van der Waals surface area contributed by atoms with Crippen molar-refractivity contribution in [1.82, 2.24) is 15.2 Å². The topological polar surface area (TPSA) is 125 Å². The number of amides is 2. The summed E-state index contributed by atoms with van der Waals surface area (Å²) in [6.45, 7) is 3.85. The molecule has 0 spiro atoms. The van der Waals surface area contributed by atoms with Crippen molar-refractivity contribution in [2.75, 3.05) is 13.6 Å². The van der Waals surface area contributed by atoms with Crippen molar-refractivity contribution >= 4 is 17.5 Å². The van der Waals surface area contributed by atoms with Gasteiger partial charge in [0.05, 0.1) is 11.8 Å². The lowest BCUT2D eigenvalue weighted by atomic mass is 10.0. The number of likely N-dealkylation sites (N-methyl/N-ethyl adjacent to an activating group) is 1. The highest BCUT2D eigenvalue weighted by Crippen LogP contribution is 2.23. The lowest BCUT2D eigenvalue weighted by Crippen LogP contribution is -2.55. The molecule has 148 valence electrons. The van der Waals surface area contributed by atoms with Crippen LogP contribution in [0.15, 0.2) is 36.5 Å². The number of aliphatic hydroxyl groups excluding tert-OH is 1. The predicted molar refractivity (Wildman–Crippen MR) is 103 cm³/mol. The number of nitrogens with two attached hydrogens (primary N) is 2. The van der Waals surface area contributed by atoms with E-state index in [1.807, 2.05) is 44.2 Å². The standard InChI is InChI=1S/C19H29N5O3/c1-12(2)17(24(21)11-15(20)13-7-5-4-6-8-13)19(27)23-10-14(25)9-16(23)18(26)22-3/h4-8,11-12,14,16-17,25H,9-10,20-21H2,1-3H3,(H,22,26)/b15-11-. The Labute approximate surface area is 159 Å². The van der Waals surface area contributed by atoms with E-state index in [1.165, 1.54) is 23.2 Å². The Balaban J connectivity index is 2.25. The molecule has 0 aliphatic carbocycles. The number of carbonyl (C=O) groups is 2. The number of hydrogen-bond donors (Lipinski definition) is 4. The molecule has 8 heteroatoms. The van der Waals surface area contributed by atoms with Crippen molar-refractivity contribution in [3.05, 3.63) is 42.1 Å². The van der Waals surface area contributed by atoms with Crippen molar-refractivity contribution in [2.24, 2.45) is 17.5 Å². The second-order valence-electron chi connectivity index (χ2n) is 7.10. The van der Waals surface area contributed by atoms with E-state index < -0.39 is 18.2 Å². The van der Waals surface area contributed by atoms with E-state index in [4.69, 9.17) is 11.6 Å². The lowest BCUT2D eigenvalue weighted by Gasteiger charge is -2.34. The molecule has 3 unspecified atom stereocenters. The molecule has 2 amide bonds. The van der Waals surface area contributed by atoms with Crippen molar-refractivity contribution < 1.29 is 14.7 Å². The minimum absolute atomic E-state index is 0.103. The van der Waals surface area contributed by atoms with Gasteiger partial charge in [-0.25, -0.2) is 5.84 Å². The number of β-amino-alcohol motifs (C(OH)–C–C–N with tert-alkyl or cyclic N) is 1. The van der Waals surface area contributed by atoms with Crippen molar-refractivity contribution in [3.63, 3.8) is 0 Å². The van der Waals surface area contributed by atoms with E-state index in [0.29, 0.717) is 5.70 Å². The molecule has 0 bridgehead atoms. The first-order valence-corrected chi connectivity index (χ1v) is 9.02. The summed E-state index contributed by atoms with van der Waals surface area (Å²) >= 11 is 0. The molecule has 2 rings (SSSR count). The Bertz CT molecular complexity index is 692. The highest BCUT2D eigenvalue weighted by atomic mass is 16.3. The molecule has 1 saturated heterocycles. The lowest BCUT2D eigenvalue weighted by molar-refractivity contribution is -0.143. The maximum atomic E-state index is 13.2. The van der Waals surface area contributed by atoms with Crippen molar-refractivity contribution in [2.45, 2.75) is 38.5 Å². The molecule has 1 heterocycles. The summed E-state index contributed by atoms with van der Waals surface area (Å²) in [6.07, 6.45) is 1.00. The summed E-state index contributed by atoms with van der Waals surface area (Å²) in [6, 6.07) is 7.89. The Morgan fingerprint density at radius 2 is 1.96 bits per heavy atom.